The van der Waals surface area contributed by atoms with Gasteiger partial charge in [-0.2, -0.15) is 0 Å². The lowest BCUT2D eigenvalue weighted by molar-refractivity contribution is 0.0949. The highest BCUT2D eigenvalue weighted by Crippen LogP contribution is 2.09. The van der Waals surface area contributed by atoms with Crippen molar-refractivity contribution in [1.29, 1.82) is 0 Å². The van der Waals surface area contributed by atoms with Gasteiger partial charge in [0.25, 0.3) is 5.91 Å². The van der Waals surface area contributed by atoms with E-state index in [-0.39, 0.29) is 22.9 Å². The zero-order valence-electron chi connectivity index (χ0n) is 16.0. The number of carbonyl (C=O) groups is 1. The number of H-pyrrole nitrogens is 1. The summed E-state index contributed by atoms with van der Waals surface area (Å²) in [4.78, 5) is 27.2. The maximum absolute atomic E-state index is 12.2. The lowest BCUT2D eigenvalue weighted by Gasteiger charge is -2.08. The number of nitrogens with one attached hydrogen (secondary N) is 2. The third-order valence-corrected chi connectivity index (χ3v) is 5.24. The smallest absolute Gasteiger partial charge is 0.267 e. The van der Waals surface area contributed by atoms with Crippen molar-refractivity contribution in [2.75, 3.05) is 6.54 Å². The number of rotatable bonds is 8. The molecule has 3 rings (SSSR count). The molecule has 3 aromatic rings. The van der Waals surface area contributed by atoms with Crippen LogP contribution in [-0.4, -0.2) is 25.9 Å². The largest absolute Gasteiger partial charge is 0.483 e. The first-order valence-corrected chi connectivity index (χ1v) is 10.7. The summed E-state index contributed by atoms with van der Waals surface area (Å²) in [5, 5.41) is 7.76. The van der Waals surface area contributed by atoms with Crippen molar-refractivity contribution in [1.82, 2.24) is 10.3 Å². The molecule has 0 aliphatic carbocycles. The monoisotopic (exact) mass is 427 g/mol. The summed E-state index contributed by atoms with van der Waals surface area (Å²) in [7, 11) is -3.73. The number of hydrogen-bond acceptors (Lipinski definition) is 5. The summed E-state index contributed by atoms with van der Waals surface area (Å²) in [5.41, 5.74) is 1.49. The van der Waals surface area contributed by atoms with Gasteiger partial charge in [-0.1, -0.05) is 42.5 Å². The van der Waals surface area contributed by atoms with Crippen molar-refractivity contribution in [2.24, 2.45) is 5.14 Å². The number of carbonyl (C=O) groups excluding carboxylic acids is 1. The van der Waals surface area contributed by atoms with Crippen LogP contribution in [0.1, 0.15) is 21.6 Å². The second-order valence-electron chi connectivity index (χ2n) is 6.54. The van der Waals surface area contributed by atoms with E-state index < -0.39 is 21.4 Å². The first-order valence-electron chi connectivity index (χ1n) is 9.12. The quantitative estimate of drug-likeness (QED) is 0.502. The SMILES string of the molecule is NS(=O)(=O)c1ccc(CCNC(=O)c2cc(=O)c(OCc3ccccc3)c[nH]2)cc1. The lowest BCUT2D eigenvalue weighted by Crippen LogP contribution is -2.27. The van der Waals surface area contributed by atoms with Gasteiger partial charge in [0, 0.05) is 18.8 Å². The van der Waals surface area contributed by atoms with Crippen LogP contribution in [-0.2, 0) is 23.1 Å². The molecule has 1 amide bonds. The topological polar surface area (TPSA) is 131 Å². The van der Waals surface area contributed by atoms with Gasteiger partial charge in [0.1, 0.15) is 12.3 Å². The molecule has 0 saturated carbocycles. The number of nitrogens with two attached hydrogens (primary N) is 1. The van der Waals surface area contributed by atoms with Crippen molar-refractivity contribution < 1.29 is 17.9 Å². The minimum absolute atomic E-state index is 0.0300. The number of sulfonamides is 1. The van der Waals surface area contributed by atoms with Crippen molar-refractivity contribution in [3.8, 4) is 5.75 Å². The van der Waals surface area contributed by atoms with Crippen molar-refractivity contribution in [2.45, 2.75) is 17.9 Å². The van der Waals surface area contributed by atoms with E-state index >= 15 is 0 Å². The van der Waals surface area contributed by atoms with Crippen LogP contribution in [0.3, 0.4) is 0 Å². The van der Waals surface area contributed by atoms with Gasteiger partial charge in [0.2, 0.25) is 15.5 Å². The number of aromatic amines is 1. The highest BCUT2D eigenvalue weighted by Gasteiger charge is 2.10. The number of ether oxygens (including phenoxy) is 1. The molecule has 8 nitrogen and oxygen atoms in total. The molecule has 0 fully saturated rings. The lowest BCUT2D eigenvalue weighted by atomic mass is 10.1. The molecule has 1 heterocycles. The van der Waals surface area contributed by atoms with Gasteiger partial charge >= 0.3 is 0 Å². The number of hydrogen-bond donors (Lipinski definition) is 3. The predicted octanol–water partition coefficient (Wildman–Crippen LogP) is 1.57. The molecule has 0 saturated heterocycles. The van der Waals surface area contributed by atoms with Crippen molar-refractivity contribution in [3.63, 3.8) is 0 Å². The minimum atomic E-state index is -3.73. The fourth-order valence-corrected chi connectivity index (χ4v) is 3.21. The van der Waals surface area contributed by atoms with Crippen LogP contribution in [0.4, 0.5) is 0 Å². The van der Waals surface area contributed by atoms with Gasteiger partial charge < -0.3 is 15.0 Å². The highest BCUT2D eigenvalue weighted by molar-refractivity contribution is 7.89. The number of aromatic nitrogens is 1. The molecule has 0 aliphatic rings. The van der Waals surface area contributed by atoms with E-state index in [0.717, 1.165) is 11.1 Å². The van der Waals surface area contributed by atoms with Crippen LogP contribution in [0.25, 0.3) is 0 Å². The highest BCUT2D eigenvalue weighted by atomic mass is 32.2. The van der Waals surface area contributed by atoms with Crippen LogP contribution in [0.15, 0.2) is 76.6 Å². The fourth-order valence-electron chi connectivity index (χ4n) is 2.70. The first kappa shape index (κ1) is 21.3. The van der Waals surface area contributed by atoms with Gasteiger partial charge in [-0.05, 0) is 29.7 Å². The Morgan fingerprint density at radius 1 is 1.03 bits per heavy atom. The molecule has 0 bridgehead atoms. The summed E-state index contributed by atoms with van der Waals surface area (Å²) in [6.45, 7) is 0.557. The van der Waals surface area contributed by atoms with E-state index in [4.69, 9.17) is 9.88 Å². The van der Waals surface area contributed by atoms with E-state index in [1.807, 2.05) is 30.3 Å². The van der Waals surface area contributed by atoms with Gasteiger partial charge in [-0.25, -0.2) is 13.6 Å². The molecular weight excluding hydrogens is 406 g/mol. The fraction of sp³-hybridized carbons (Fsp3) is 0.143. The molecule has 1 aromatic heterocycles. The summed E-state index contributed by atoms with van der Waals surface area (Å²) in [6, 6.07) is 16.7. The second-order valence-corrected chi connectivity index (χ2v) is 8.11. The Labute approximate surface area is 173 Å². The molecular formula is C21H21N3O5S. The van der Waals surface area contributed by atoms with E-state index in [1.165, 1.54) is 24.4 Å². The molecule has 4 N–H and O–H groups in total. The molecule has 0 atom stereocenters. The van der Waals surface area contributed by atoms with Crippen LogP contribution >= 0.6 is 0 Å². The summed E-state index contributed by atoms with van der Waals surface area (Å²) in [5.74, 6) is -0.298. The average Bonchev–Trinajstić information content (AvgIpc) is 2.73. The number of amides is 1. The summed E-state index contributed by atoms with van der Waals surface area (Å²) in [6.07, 6.45) is 1.85. The maximum Gasteiger partial charge on any atom is 0.267 e. The predicted molar refractivity (Wildman–Crippen MR) is 112 cm³/mol. The zero-order valence-corrected chi connectivity index (χ0v) is 16.8. The standard InChI is InChI=1S/C21H21N3O5S/c22-30(27,28)17-8-6-15(7-9-17)10-11-23-21(26)18-12-19(25)20(13-24-18)29-14-16-4-2-1-3-5-16/h1-9,12-13H,10-11,14H2,(H,23,26)(H,24,25)(H2,22,27,28). The molecule has 9 heteroatoms. The Bertz CT molecular complexity index is 1170. The molecule has 0 radical (unpaired) electrons. The first-order chi connectivity index (χ1) is 14.3. The second kappa shape index (κ2) is 9.38. The zero-order chi connectivity index (χ0) is 21.6. The Hall–Kier alpha value is -3.43. The molecule has 0 aliphatic heterocycles. The third-order valence-electron chi connectivity index (χ3n) is 4.31. The Morgan fingerprint density at radius 2 is 1.73 bits per heavy atom. The van der Waals surface area contributed by atoms with Gasteiger partial charge in [-0.3, -0.25) is 9.59 Å². The Kier molecular flexibility index (Phi) is 6.65. The van der Waals surface area contributed by atoms with E-state index in [0.29, 0.717) is 13.0 Å². The van der Waals surface area contributed by atoms with E-state index in [1.54, 1.807) is 12.1 Å². The van der Waals surface area contributed by atoms with Crippen molar-refractivity contribution >= 4 is 15.9 Å². The third kappa shape index (κ3) is 5.79. The maximum atomic E-state index is 12.2. The Balaban J connectivity index is 1.53. The number of pyridine rings is 1. The summed E-state index contributed by atoms with van der Waals surface area (Å²) >= 11 is 0. The summed E-state index contributed by atoms with van der Waals surface area (Å²) < 4.78 is 28.0. The molecule has 156 valence electrons. The minimum Gasteiger partial charge on any atom is -0.483 e. The average molecular weight is 427 g/mol. The number of benzene rings is 2. The molecule has 0 unspecified atom stereocenters. The molecule has 30 heavy (non-hydrogen) atoms. The molecule has 2 aromatic carbocycles. The van der Waals surface area contributed by atoms with Gasteiger partial charge in [-0.15, -0.1) is 0 Å². The van der Waals surface area contributed by atoms with E-state index in [2.05, 4.69) is 10.3 Å². The normalized spacial score (nSPS) is 11.1. The van der Waals surface area contributed by atoms with Crippen LogP contribution < -0.4 is 20.6 Å². The number of primary sulfonamides is 1. The van der Waals surface area contributed by atoms with Gasteiger partial charge in [0.05, 0.1) is 4.90 Å². The molecule has 0 spiro atoms. The Morgan fingerprint density at radius 3 is 2.37 bits per heavy atom. The van der Waals surface area contributed by atoms with Gasteiger partial charge in [0.15, 0.2) is 5.75 Å². The van der Waals surface area contributed by atoms with Crippen LogP contribution in [0.5, 0.6) is 5.75 Å². The van der Waals surface area contributed by atoms with E-state index in [9.17, 15) is 18.0 Å². The van der Waals surface area contributed by atoms with Crippen molar-refractivity contribution in [3.05, 3.63) is 93.9 Å². The van der Waals surface area contributed by atoms with Crippen LogP contribution in [0.2, 0.25) is 0 Å². The van der Waals surface area contributed by atoms with Crippen LogP contribution in [0, 0.1) is 0 Å².